The van der Waals surface area contributed by atoms with E-state index in [4.69, 9.17) is 10.00 Å². The van der Waals surface area contributed by atoms with Gasteiger partial charge in [-0.3, -0.25) is 0 Å². The number of hydrogen-bond donors (Lipinski definition) is 2. The molecule has 0 bridgehead atoms. The van der Waals surface area contributed by atoms with Gasteiger partial charge in [-0.1, -0.05) is 18.2 Å². The number of nitrogens with zero attached hydrogens (tertiary/aromatic N) is 1. The molecule has 2 N–H and O–H groups in total. The minimum atomic E-state index is -0.721. The standard InChI is InChI=1S/C16H15FN2O2/c17-16-7-6-13(8-12(16)9-18)19-10-14(20)11-21-15-4-2-1-3-5-15/h1-8,14,19-20H,10-11H2. The van der Waals surface area contributed by atoms with Crippen LogP contribution in [0.5, 0.6) is 5.75 Å². The van der Waals surface area contributed by atoms with E-state index in [-0.39, 0.29) is 18.7 Å². The van der Waals surface area contributed by atoms with Gasteiger partial charge in [0.05, 0.1) is 5.56 Å². The van der Waals surface area contributed by atoms with Crippen molar-refractivity contribution in [2.75, 3.05) is 18.5 Å². The Labute approximate surface area is 122 Å². The molecular weight excluding hydrogens is 271 g/mol. The van der Waals surface area contributed by atoms with Gasteiger partial charge in [-0.2, -0.15) is 5.26 Å². The van der Waals surface area contributed by atoms with Gasteiger partial charge in [-0.25, -0.2) is 4.39 Å². The molecular formula is C16H15FN2O2. The highest BCUT2D eigenvalue weighted by atomic mass is 19.1. The molecule has 108 valence electrons. The molecule has 21 heavy (non-hydrogen) atoms. The lowest BCUT2D eigenvalue weighted by atomic mass is 10.2. The number of benzene rings is 2. The fourth-order valence-electron chi connectivity index (χ4n) is 1.72. The number of ether oxygens (including phenoxy) is 1. The van der Waals surface area contributed by atoms with E-state index >= 15 is 0 Å². The SMILES string of the molecule is N#Cc1cc(NCC(O)COc2ccccc2)ccc1F. The van der Waals surface area contributed by atoms with Gasteiger partial charge in [-0.05, 0) is 30.3 Å². The number of halogens is 1. The van der Waals surface area contributed by atoms with Crippen molar-refractivity contribution in [1.82, 2.24) is 0 Å². The molecule has 2 aromatic carbocycles. The second kappa shape index (κ2) is 7.27. The quantitative estimate of drug-likeness (QED) is 0.856. The summed E-state index contributed by atoms with van der Waals surface area (Å²) >= 11 is 0. The topological polar surface area (TPSA) is 65.3 Å². The van der Waals surface area contributed by atoms with Crippen LogP contribution < -0.4 is 10.1 Å². The molecule has 0 aromatic heterocycles. The third-order valence-electron chi connectivity index (χ3n) is 2.81. The van der Waals surface area contributed by atoms with Gasteiger partial charge in [0.15, 0.2) is 0 Å². The van der Waals surface area contributed by atoms with Crippen LogP contribution in [-0.4, -0.2) is 24.4 Å². The molecule has 0 saturated heterocycles. The van der Waals surface area contributed by atoms with Crippen molar-refractivity contribution in [3.05, 3.63) is 59.9 Å². The number of anilines is 1. The Kier molecular flexibility index (Phi) is 5.13. The first-order valence-electron chi connectivity index (χ1n) is 6.48. The summed E-state index contributed by atoms with van der Waals surface area (Å²) in [7, 11) is 0. The molecule has 0 aliphatic rings. The molecule has 0 radical (unpaired) electrons. The lowest BCUT2D eigenvalue weighted by molar-refractivity contribution is 0.117. The van der Waals surface area contributed by atoms with E-state index in [2.05, 4.69) is 5.32 Å². The summed E-state index contributed by atoms with van der Waals surface area (Å²) in [6.07, 6.45) is -0.721. The highest BCUT2D eigenvalue weighted by molar-refractivity contribution is 5.49. The first-order chi connectivity index (χ1) is 10.2. The first-order valence-corrected chi connectivity index (χ1v) is 6.48. The van der Waals surface area contributed by atoms with Crippen molar-refractivity contribution in [2.24, 2.45) is 0 Å². The van der Waals surface area contributed by atoms with Crippen molar-refractivity contribution in [3.63, 3.8) is 0 Å². The second-order valence-electron chi connectivity index (χ2n) is 4.47. The van der Waals surface area contributed by atoms with Gasteiger partial charge in [-0.15, -0.1) is 0 Å². The number of para-hydroxylation sites is 1. The minimum absolute atomic E-state index is 0.0324. The van der Waals surface area contributed by atoms with Gasteiger partial charge >= 0.3 is 0 Å². The Balaban J connectivity index is 1.81. The van der Waals surface area contributed by atoms with E-state index < -0.39 is 11.9 Å². The van der Waals surface area contributed by atoms with Crippen LogP contribution in [0.1, 0.15) is 5.56 Å². The van der Waals surface area contributed by atoms with Crippen molar-refractivity contribution < 1.29 is 14.2 Å². The van der Waals surface area contributed by atoms with E-state index in [1.165, 1.54) is 18.2 Å². The van der Waals surface area contributed by atoms with Crippen molar-refractivity contribution >= 4 is 5.69 Å². The molecule has 0 spiro atoms. The minimum Gasteiger partial charge on any atom is -0.491 e. The average Bonchev–Trinajstić information content (AvgIpc) is 2.53. The predicted octanol–water partition coefficient (Wildman–Crippen LogP) is 2.55. The van der Waals surface area contributed by atoms with E-state index in [9.17, 15) is 9.50 Å². The number of rotatable bonds is 6. The predicted molar refractivity (Wildman–Crippen MR) is 77.5 cm³/mol. The van der Waals surface area contributed by atoms with E-state index in [0.717, 1.165) is 0 Å². The lowest BCUT2D eigenvalue weighted by Crippen LogP contribution is -2.26. The largest absolute Gasteiger partial charge is 0.491 e. The molecule has 4 nitrogen and oxygen atoms in total. The summed E-state index contributed by atoms with van der Waals surface area (Å²) in [5.41, 5.74) is 0.543. The molecule has 0 fully saturated rings. The maximum absolute atomic E-state index is 13.2. The second-order valence-corrected chi connectivity index (χ2v) is 4.47. The number of aliphatic hydroxyl groups is 1. The zero-order valence-corrected chi connectivity index (χ0v) is 11.3. The van der Waals surface area contributed by atoms with E-state index in [1.807, 2.05) is 18.2 Å². The maximum Gasteiger partial charge on any atom is 0.141 e. The molecule has 2 aromatic rings. The van der Waals surface area contributed by atoms with Crippen LogP contribution in [0.4, 0.5) is 10.1 Å². The molecule has 2 rings (SSSR count). The Hall–Kier alpha value is -2.58. The van der Waals surface area contributed by atoms with Crippen molar-refractivity contribution in [1.29, 1.82) is 5.26 Å². The Bertz CT molecular complexity index is 626. The molecule has 0 saturated carbocycles. The van der Waals surface area contributed by atoms with Crippen molar-refractivity contribution in [3.8, 4) is 11.8 Å². The summed E-state index contributed by atoms with van der Waals surface area (Å²) in [5, 5.41) is 21.5. The Morgan fingerprint density at radius 3 is 2.71 bits per heavy atom. The lowest BCUT2D eigenvalue weighted by Gasteiger charge is -2.14. The number of nitriles is 1. The van der Waals surface area contributed by atoms with Crippen LogP contribution in [0.2, 0.25) is 0 Å². The van der Waals surface area contributed by atoms with Crippen molar-refractivity contribution in [2.45, 2.75) is 6.10 Å². The monoisotopic (exact) mass is 286 g/mol. The summed E-state index contributed by atoms with van der Waals surface area (Å²) in [5.74, 6) is 0.126. The van der Waals surface area contributed by atoms with Crippen LogP contribution in [0.3, 0.4) is 0 Å². The van der Waals surface area contributed by atoms with Gasteiger partial charge in [0.25, 0.3) is 0 Å². The van der Waals surface area contributed by atoms with E-state index in [0.29, 0.717) is 11.4 Å². The van der Waals surface area contributed by atoms with Crippen LogP contribution >= 0.6 is 0 Å². The third kappa shape index (κ3) is 4.48. The highest BCUT2D eigenvalue weighted by Gasteiger charge is 2.07. The molecule has 0 aliphatic carbocycles. The average molecular weight is 286 g/mol. The molecule has 1 atom stereocenters. The summed E-state index contributed by atoms with van der Waals surface area (Å²) in [4.78, 5) is 0. The Morgan fingerprint density at radius 1 is 1.24 bits per heavy atom. The van der Waals surface area contributed by atoms with Crippen LogP contribution in [0.15, 0.2) is 48.5 Å². The summed E-state index contributed by atoms with van der Waals surface area (Å²) in [6, 6.07) is 15.1. The van der Waals surface area contributed by atoms with Crippen LogP contribution in [-0.2, 0) is 0 Å². The molecule has 0 aliphatic heterocycles. The van der Waals surface area contributed by atoms with Gasteiger partial charge in [0.1, 0.15) is 30.3 Å². The fraction of sp³-hybridized carbons (Fsp3) is 0.188. The summed E-state index contributed by atoms with van der Waals surface area (Å²) in [6.45, 7) is 0.382. The van der Waals surface area contributed by atoms with Gasteiger partial charge in [0.2, 0.25) is 0 Å². The molecule has 0 heterocycles. The first kappa shape index (κ1) is 14.8. The zero-order valence-electron chi connectivity index (χ0n) is 11.3. The third-order valence-corrected chi connectivity index (χ3v) is 2.81. The zero-order chi connectivity index (χ0) is 15.1. The number of nitrogens with one attached hydrogen (secondary N) is 1. The van der Waals surface area contributed by atoms with Crippen LogP contribution in [0, 0.1) is 17.1 Å². The molecule has 5 heteroatoms. The summed E-state index contributed by atoms with van der Waals surface area (Å²) < 4.78 is 18.6. The smallest absolute Gasteiger partial charge is 0.141 e. The number of aliphatic hydroxyl groups excluding tert-OH is 1. The highest BCUT2D eigenvalue weighted by Crippen LogP contribution is 2.14. The van der Waals surface area contributed by atoms with Crippen LogP contribution in [0.25, 0.3) is 0 Å². The number of hydrogen-bond acceptors (Lipinski definition) is 4. The van der Waals surface area contributed by atoms with Gasteiger partial charge < -0.3 is 15.2 Å². The maximum atomic E-state index is 13.2. The molecule has 1 unspecified atom stereocenters. The normalized spacial score (nSPS) is 11.5. The van der Waals surface area contributed by atoms with E-state index in [1.54, 1.807) is 18.2 Å². The van der Waals surface area contributed by atoms with Gasteiger partial charge in [0, 0.05) is 12.2 Å². The fourth-order valence-corrected chi connectivity index (χ4v) is 1.72. The Morgan fingerprint density at radius 2 is 2.00 bits per heavy atom. The molecule has 0 amide bonds.